The Morgan fingerprint density at radius 2 is 2.00 bits per heavy atom. The number of allylic oxidation sites excluding steroid dienone is 1. The van der Waals surface area contributed by atoms with E-state index in [1.54, 1.807) is 0 Å². The van der Waals surface area contributed by atoms with Gasteiger partial charge >= 0.3 is 0 Å². The Morgan fingerprint density at radius 3 is 2.58 bits per heavy atom. The monoisotopic (exact) mass is 277 g/mol. The van der Waals surface area contributed by atoms with Gasteiger partial charge in [0, 0.05) is 11.6 Å². The lowest BCUT2D eigenvalue weighted by Gasteiger charge is -2.41. The predicted molar refractivity (Wildman–Crippen MR) is 78.9 cm³/mol. The molecule has 0 spiro atoms. The molecule has 0 unspecified atom stereocenters. The van der Waals surface area contributed by atoms with Gasteiger partial charge in [0.05, 0.1) is 11.6 Å². The zero-order chi connectivity index (χ0) is 13.8. The van der Waals surface area contributed by atoms with E-state index in [0.29, 0.717) is 6.54 Å². The van der Waals surface area contributed by atoms with Crippen molar-refractivity contribution in [1.82, 2.24) is 4.90 Å². The summed E-state index contributed by atoms with van der Waals surface area (Å²) in [6.07, 6.45) is 2.96. The van der Waals surface area contributed by atoms with Gasteiger partial charge in [-0.3, -0.25) is 4.79 Å². The zero-order valence-electron chi connectivity index (χ0n) is 11.5. The largest absolute Gasteiger partial charge is 0.327 e. The second kappa shape index (κ2) is 6.25. The quantitative estimate of drug-likeness (QED) is 0.586. The van der Waals surface area contributed by atoms with Gasteiger partial charge in [0.25, 0.3) is 5.91 Å². The van der Waals surface area contributed by atoms with Crippen LogP contribution in [0.2, 0.25) is 0 Å². The molecule has 1 amide bonds. The van der Waals surface area contributed by atoms with Gasteiger partial charge in [0.2, 0.25) is 0 Å². The van der Waals surface area contributed by atoms with Crippen LogP contribution in [0.1, 0.15) is 38.7 Å². The number of benzene rings is 1. The first-order valence-corrected chi connectivity index (χ1v) is 7.26. The van der Waals surface area contributed by atoms with Crippen molar-refractivity contribution < 1.29 is 4.79 Å². The Hall–Kier alpha value is -1.28. The molecule has 0 bridgehead atoms. The Balaban J connectivity index is 2.03. The highest BCUT2D eigenvalue weighted by atomic mass is 35.5. The van der Waals surface area contributed by atoms with Crippen LogP contribution in [0.25, 0.3) is 0 Å². The van der Waals surface area contributed by atoms with Crippen molar-refractivity contribution in [3.8, 4) is 0 Å². The number of halogens is 1. The van der Waals surface area contributed by atoms with Crippen molar-refractivity contribution >= 4 is 17.5 Å². The first-order chi connectivity index (χ1) is 9.15. The molecule has 2 rings (SSSR count). The molecule has 1 aliphatic heterocycles. The van der Waals surface area contributed by atoms with Crippen LogP contribution in [-0.2, 0) is 11.3 Å². The number of β-lactam (4-membered cyclic amide) rings is 1. The van der Waals surface area contributed by atoms with Crippen molar-refractivity contribution in [2.45, 2.75) is 45.7 Å². The summed E-state index contributed by atoms with van der Waals surface area (Å²) in [5.74, 6) is 0.0949. The number of likely N-dealkylation sites (tertiary alicyclic amines) is 1. The number of unbranched alkanes of at least 4 members (excludes halogenated alkanes) is 1. The number of carbonyl (C=O) groups is 1. The van der Waals surface area contributed by atoms with Crippen LogP contribution in [0.4, 0.5) is 0 Å². The van der Waals surface area contributed by atoms with Gasteiger partial charge in [0.1, 0.15) is 0 Å². The number of hydrogen-bond acceptors (Lipinski definition) is 1. The van der Waals surface area contributed by atoms with E-state index >= 15 is 0 Å². The Labute approximate surface area is 120 Å². The molecule has 102 valence electrons. The summed E-state index contributed by atoms with van der Waals surface area (Å²) >= 11 is 6.25. The van der Waals surface area contributed by atoms with Crippen molar-refractivity contribution in [2.75, 3.05) is 0 Å². The molecule has 1 aliphatic rings. The maximum atomic E-state index is 12.2. The minimum Gasteiger partial charge on any atom is -0.327 e. The summed E-state index contributed by atoms with van der Waals surface area (Å²) in [4.78, 5) is 14.0. The fraction of sp³-hybridized carbons (Fsp3) is 0.438. The molecule has 1 heterocycles. The fourth-order valence-corrected chi connectivity index (χ4v) is 2.77. The molecule has 1 saturated heterocycles. The Bertz CT molecular complexity index is 481. The highest BCUT2D eigenvalue weighted by Crippen LogP contribution is 2.33. The lowest BCUT2D eigenvalue weighted by atomic mass is 9.93. The molecule has 2 nitrogen and oxygen atoms in total. The highest BCUT2D eigenvalue weighted by molar-refractivity contribution is 6.32. The second-order valence-electron chi connectivity index (χ2n) is 5.02. The molecular formula is C16H20ClNO. The fourth-order valence-electron chi connectivity index (χ4n) is 2.40. The molecule has 1 fully saturated rings. The third-order valence-electron chi connectivity index (χ3n) is 3.61. The Kier molecular flexibility index (Phi) is 4.65. The predicted octanol–water partition coefficient (Wildman–Crippen LogP) is 4.10. The van der Waals surface area contributed by atoms with Gasteiger partial charge in [-0.1, -0.05) is 55.3 Å². The van der Waals surface area contributed by atoms with E-state index < -0.39 is 0 Å². The van der Waals surface area contributed by atoms with Crippen LogP contribution in [-0.4, -0.2) is 16.8 Å². The van der Waals surface area contributed by atoms with E-state index in [0.717, 1.165) is 35.4 Å². The van der Waals surface area contributed by atoms with E-state index in [1.165, 1.54) is 0 Å². The normalized spacial score (nSPS) is 21.3. The minimum atomic E-state index is 0.0949. The Morgan fingerprint density at radius 1 is 1.32 bits per heavy atom. The van der Waals surface area contributed by atoms with Gasteiger partial charge in [-0.25, -0.2) is 0 Å². The van der Waals surface area contributed by atoms with E-state index in [9.17, 15) is 4.79 Å². The lowest BCUT2D eigenvalue weighted by Crippen LogP contribution is -2.53. The molecule has 0 aromatic heterocycles. The number of carbonyl (C=O) groups excluding carboxylic acids is 1. The molecule has 1 atom stereocenters. The highest BCUT2D eigenvalue weighted by Gasteiger charge is 2.40. The molecular weight excluding hydrogens is 258 g/mol. The van der Waals surface area contributed by atoms with Crippen LogP contribution in [0, 0.1) is 0 Å². The van der Waals surface area contributed by atoms with Crippen LogP contribution < -0.4 is 0 Å². The molecule has 0 aliphatic carbocycles. The third-order valence-corrected chi connectivity index (χ3v) is 4.01. The lowest BCUT2D eigenvalue weighted by molar-refractivity contribution is -0.137. The van der Waals surface area contributed by atoms with Gasteiger partial charge < -0.3 is 4.90 Å². The van der Waals surface area contributed by atoms with Crippen LogP contribution in [0.15, 0.2) is 40.9 Å². The third kappa shape index (κ3) is 3.01. The number of hydrogen-bond donors (Lipinski definition) is 0. The first-order valence-electron chi connectivity index (χ1n) is 6.88. The van der Waals surface area contributed by atoms with Crippen LogP contribution >= 0.6 is 11.6 Å². The summed E-state index contributed by atoms with van der Waals surface area (Å²) in [6, 6.07) is 10.2. The molecule has 1 aromatic rings. The summed E-state index contributed by atoms with van der Waals surface area (Å²) in [7, 11) is 0. The standard InChI is InChI=1S/C16H20ClNO/c1-3-4-10-14(17)15-12(2)18(16(15)19)11-13-8-6-5-7-9-13/h5-9,12H,3-4,10-11H2,1-2H3/b15-14+/t12-/m0/s1. The van der Waals surface area contributed by atoms with E-state index in [1.807, 2.05) is 42.2 Å². The average Bonchev–Trinajstić information content (AvgIpc) is 2.44. The van der Waals surface area contributed by atoms with Crippen LogP contribution in [0.3, 0.4) is 0 Å². The summed E-state index contributed by atoms with van der Waals surface area (Å²) < 4.78 is 0. The summed E-state index contributed by atoms with van der Waals surface area (Å²) in [5.41, 5.74) is 1.97. The SMILES string of the molecule is CCCC/C(Cl)=C1\C(=O)N(Cc2ccccc2)[C@H]1C. The zero-order valence-corrected chi connectivity index (χ0v) is 12.3. The topological polar surface area (TPSA) is 20.3 Å². The number of rotatable bonds is 5. The second-order valence-corrected chi connectivity index (χ2v) is 5.47. The summed E-state index contributed by atoms with van der Waals surface area (Å²) in [6.45, 7) is 4.85. The van der Waals surface area contributed by atoms with E-state index in [-0.39, 0.29) is 11.9 Å². The average molecular weight is 278 g/mol. The maximum Gasteiger partial charge on any atom is 0.253 e. The minimum absolute atomic E-state index is 0.0949. The van der Waals surface area contributed by atoms with Crippen molar-refractivity contribution in [3.63, 3.8) is 0 Å². The van der Waals surface area contributed by atoms with Gasteiger partial charge in [-0.05, 0) is 25.3 Å². The molecule has 0 radical (unpaired) electrons. The van der Waals surface area contributed by atoms with E-state index in [2.05, 4.69) is 6.92 Å². The number of amides is 1. The van der Waals surface area contributed by atoms with Gasteiger partial charge in [0.15, 0.2) is 0 Å². The molecule has 1 aromatic carbocycles. The van der Waals surface area contributed by atoms with Gasteiger partial charge in [-0.2, -0.15) is 0 Å². The maximum absolute atomic E-state index is 12.2. The first kappa shape index (κ1) is 14.1. The molecule has 3 heteroatoms. The number of nitrogens with zero attached hydrogens (tertiary/aromatic N) is 1. The van der Waals surface area contributed by atoms with Gasteiger partial charge in [-0.15, -0.1) is 0 Å². The molecule has 0 saturated carbocycles. The summed E-state index contributed by atoms with van der Waals surface area (Å²) in [5, 5.41) is 0.753. The van der Waals surface area contributed by atoms with Crippen molar-refractivity contribution in [1.29, 1.82) is 0 Å². The molecule has 19 heavy (non-hydrogen) atoms. The molecule has 0 N–H and O–H groups in total. The van der Waals surface area contributed by atoms with Crippen LogP contribution in [0.5, 0.6) is 0 Å². The van der Waals surface area contributed by atoms with Crippen molar-refractivity contribution in [2.24, 2.45) is 0 Å². The van der Waals surface area contributed by atoms with E-state index in [4.69, 9.17) is 11.6 Å². The smallest absolute Gasteiger partial charge is 0.253 e. The van der Waals surface area contributed by atoms with Crippen molar-refractivity contribution in [3.05, 3.63) is 46.5 Å².